The quantitative estimate of drug-likeness (QED) is 0.816. The summed E-state index contributed by atoms with van der Waals surface area (Å²) in [6.07, 6.45) is 1.000. The summed E-state index contributed by atoms with van der Waals surface area (Å²) in [4.78, 5) is 17.0. The maximum Gasteiger partial charge on any atom is 0.251 e. The highest BCUT2D eigenvalue weighted by Gasteiger charge is 2.22. The monoisotopic (exact) mass is 396 g/mol. The van der Waals surface area contributed by atoms with Crippen LogP contribution < -0.4 is 15.5 Å². The second-order valence-corrected chi connectivity index (χ2v) is 7.75. The molecule has 0 aromatic heterocycles. The molecular formula is C23H29FN4O. The number of carbonyl (C=O) groups is 1. The molecule has 154 valence electrons. The normalized spacial score (nSPS) is 19.7. The van der Waals surface area contributed by atoms with E-state index in [-0.39, 0.29) is 17.8 Å². The van der Waals surface area contributed by atoms with Crippen LogP contribution in [0.2, 0.25) is 0 Å². The van der Waals surface area contributed by atoms with Crippen LogP contribution in [0.3, 0.4) is 0 Å². The van der Waals surface area contributed by atoms with Crippen molar-refractivity contribution >= 4 is 11.6 Å². The van der Waals surface area contributed by atoms with Crippen LogP contribution in [0.4, 0.5) is 10.1 Å². The van der Waals surface area contributed by atoms with Gasteiger partial charge in [-0.2, -0.15) is 0 Å². The maximum absolute atomic E-state index is 14.7. The van der Waals surface area contributed by atoms with Crippen molar-refractivity contribution in [2.45, 2.75) is 19.4 Å². The Labute approximate surface area is 171 Å². The number of piperazine rings is 1. The molecule has 2 aromatic rings. The Morgan fingerprint density at radius 1 is 1.17 bits per heavy atom. The van der Waals surface area contributed by atoms with E-state index >= 15 is 0 Å². The summed E-state index contributed by atoms with van der Waals surface area (Å²) < 4.78 is 14.7. The molecule has 2 heterocycles. The summed E-state index contributed by atoms with van der Waals surface area (Å²) in [7, 11) is 0. The lowest BCUT2D eigenvalue weighted by Gasteiger charge is -2.35. The Hall–Kier alpha value is -2.44. The fourth-order valence-corrected chi connectivity index (χ4v) is 4.28. The Kier molecular flexibility index (Phi) is 6.11. The molecule has 2 aromatic carbocycles. The summed E-state index contributed by atoms with van der Waals surface area (Å²) in [6, 6.07) is 13.2. The van der Waals surface area contributed by atoms with Gasteiger partial charge in [0, 0.05) is 44.3 Å². The van der Waals surface area contributed by atoms with Gasteiger partial charge in [-0.25, -0.2) is 4.39 Å². The molecule has 0 saturated carbocycles. The summed E-state index contributed by atoms with van der Waals surface area (Å²) >= 11 is 0. The molecule has 2 aliphatic heterocycles. The molecule has 6 heteroatoms. The number of anilines is 1. The van der Waals surface area contributed by atoms with Crippen LogP contribution in [0.1, 0.15) is 34.5 Å². The Morgan fingerprint density at radius 3 is 2.72 bits per heavy atom. The van der Waals surface area contributed by atoms with E-state index in [9.17, 15) is 9.18 Å². The van der Waals surface area contributed by atoms with E-state index in [4.69, 9.17) is 0 Å². The Bertz CT molecular complexity index is 864. The van der Waals surface area contributed by atoms with Crippen molar-refractivity contribution in [2.75, 3.05) is 50.7 Å². The molecule has 1 unspecified atom stereocenters. The number of nitrogens with zero attached hydrogens (tertiary/aromatic N) is 2. The number of amides is 1. The van der Waals surface area contributed by atoms with Gasteiger partial charge >= 0.3 is 0 Å². The first-order chi connectivity index (χ1) is 14.2. The van der Waals surface area contributed by atoms with Crippen LogP contribution in [-0.2, 0) is 6.42 Å². The van der Waals surface area contributed by atoms with Crippen molar-refractivity contribution in [1.29, 1.82) is 0 Å². The number of rotatable bonds is 5. The summed E-state index contributed by atoms with van der Waals surface area (Å²) in [5.41, 5.74) is 3.50. The molecule has 29 heavy (non-hydrogen) atoms. The van der Waals surface area contributed by atoms with E-state index in [0.29, 0.717) is 17.8 Å². The minimum atomic E-state index is -0.330. The molecule has 1 fully saturated rings. The lowest BCUT2D eigenvalue weighted by Crippen LogP contribution is -2.46. The minimum Gasteiger partial charge on any atom is -0.367 e. The number of carbonyl (C=O) groups excluding carboxylic acids is 1. The summed E-state index contributed by atoms with van der Waals surface area (Å²) in [5.74, 6) is -0.570. The van der Waals surface area contributed by atoms with E-state index in [1.54, 1.807) is 12.1 Å². The average molecular weight is 397 g/mol. The van der Waals surface area contributed by atoms with E-state index in [0.717, 1.165) is 45.7 Å². The molecule has 0 radical (unpaired) electrons. The number of nitrogens with one attached hydrogen (secondary N) is 2. The largest absolute Gasteiger partial charge is 0.367 e. The number of fused-ring (bicyclic) bond motifs is 1. The average Bonchev–Trinajstić information content (AvgIpc) is 2.77. The zero-order valence-corrected chi connectivity index (χ0v) is 17.0. The van der Waals surface area contributed by atoms with Gasteiger partial charge in [-0.1, -0.05) is 31.2 Å². The lowest BCUT2D eigenvalue weighted by molar-refractivity contribution is 0.0948. The van der Waals surface area contributed by atoms with Crippen LogP contribution in [0.25, 0.3) is 0 Å². The number of halogens is 1. The molecule has 2 N–H and O–H groups in total. The van der Waals surface area contributed by atoms with Crippen LogP contribution in [0.15, 0.2) is 42.5 Å². The summed E-state index contributed by atoms with van der Waals surface area (Å²) in [5, 5.41) is 6.42. The summed E-state index contributed by atoms with van der Waals surface area (Å²) in [6.45, 7) is 8.04. The molecule has 5 nitrogen and oxygen atoms in total. The van der Waals surface area contributed by atoms with Gasteiger partial charge in [0.15, 0.2) is 0 Å². The molecular weight excluding hydrogens is 367 g/mol. The Balaban J connectivity index is 1.38. The van der Waals surface area contributed by atoms with Gasteiger partial charge < -0.3 is 20.4 Å². The van der Waals surface area contributed by atoms with Gasteiger partial charge in [-0.15, -0.1) is 0 Å². The van der Waals surface area contributed by atoms with Gasteiger partial charge in [0.05, 0.1) is 5.69 Å². The predicted octanol–water partition coefficient (Wildman–Crippen LogP) is 2.58. The van der Waals surface area contributed by atoms with Crippen LogP contribution in [0, 0.1) is 5.82 Å². The maximum atomic E-state index is 14.7. The second-order valence-electron chi connectivity index (χ2n) is 7.75. The predicted molar refractivity (Wildman–Crippen MR) is 114 cm³/mol. The van der Waals surface area contributed by atoms with Gasteiger partial charge in [0.1, 0.15) is 5.82 Å². The van der Waals surface area contributed by atoms with E-state index < -0.39 is 0 Å². The fourth-order valence-electron chi connectivity index (χ4n) is 4.28. The van der Waals surface area contributed by atoms with Crippen molar-refractivity contribution in [2.24, 2.45) is 0 Å². The third kappa shape index (κ3) is 4.43. The van der Waals surface area contributed by atoms with Crippen molar-refractivity contribution in [1.82, 2.24) is 15.5 Å². The topological polar surface area (TPSA) is 47.6 Å². The molecule has 1 saturated heterocycles. The van der Waals surface area contributed by atoms with Crippen molar-refractivity contribution in [3.8, 4) is 0 Å². The highest BCUT2D eigenvalue weighted by atomic mass is 19.1. The lowest BCUT2D eigenvalue weighted by atomic mass is 9.94. The molecule has 0 bridgehead atoms. The van der Waals surface area contributed by atoms with Gasteiger partial charge in [0.2, 0.25) is 0 Å². The molecule has 4 rings (SSSR count). The van der Waals surface area contributed by atoms with Crippen molar-refractivity contribution < 1.29 is 9.18 Å². The SMILES string of the molecule is CCN1CCN(c2ccc(C(=O)NCC3NCCc4ccccc43)cc2F)CC1. The van der Waals surface area contributed by atoms with Crippen molar-refractivity contribution in [3.05, 3.63) is 65.0 Å². The number of benzene rings is 2. The van der Waals surface area contributed by atoms with Gasteiger partial charge in [0.25, 0.3) is 5.91 Å². The smallest absolute Gasteiger partial charge is 0.251 e. The highest BCUT2D eigenvalue weighted by molar-refractivity contribution is 5.94. The second kappa shape index (κ2) is 8.93. The third-order valence-electron chi connectivity index (χ3n) is 6.05. The van der Waals surface area contributed by atoms with Crippen LogP contribution in [-0.4, -0.2) is 56.6 Å². The number of hydrogen-bond donors (Lipinski definition) is 2. The van der Waals surface area contributed by atoms with E-state index in [1.165, 1.54) is 17.2 Å². The fraction of sp³-hybridized carbons (Fsp3) is 0.435. The minimum absolute atomic E-state index is 0.0860. The van der Waals surface area contributed by atoms with E-state index in [2.05, 4.69) is 39.5 Å². The third-order valence-corrected chi connectivity index (χ3v) is 6.05. The van der Waals surface area contributed by atoms with Gasteiger partial charge in [-0.3, -0.25) is 4.79 Å². The molecule has 0 aliphatic carbocycles. The first-order valence-electron chi connectivity index (χ1n) is 10.5. The molecule has 0 spiro atoms. The molecule has 1 amide bonds. The zero-order chi connectivity index (χ0) is 20.2. The van der Waals surface area contributed by atoms with Crippen LogP contribution >= 0.6 is 0 Å². The number of likely N-dealkylation sites (N-methyl/N-ethyl adjacent to an activating group) is 1. The number of hydrogen-bond acceptors (Lipinski definition) is 4. The Morgan fingerprint density at radius 2 is 1.97 bits per heavy atom. The molecule has 1 atom stereocenters. The first kappa shape index (κ1) is 19.9. The first-order valence-corrected chi connectivity index (χ1v) is 10.5. The van der Waals surface area contributed by atoms with Crippen molar-refractivity contribution in [3.63, 3.8) is 0 Å². The standard InChI is InChI=1S/C23H29FN4O/c1-2-27-11-13-28(14-12-27)22-8-7-18(15-20(22)24)23(29)26-16-21-19-6-4-3-5-17(19)9-10-25-21/h3-8,15,21,25H,2,9-14,16H2,1H3,(H,26,29). The molecule has 2 aliphatic rings. The van der Waals surface area contributed by atoms with Crippen LogP contribution in [0.5, 0.6) is 0 Å². The zero-order valence-electron chi connectivity index (χ0n) is 17.0. The highest BCUT2D eigenvalue weighted by Crippen LogP contribution is 2.23. The van der Waals surface area contributed by atoms with E-state index in [1.807, 2.05) is 12.1 Å². The van der Waals surface area contributed by atoms with Gasteiger partial charge in [-0.05, 0) is 48.8 Å².